The topological polar surface area (TPSA) is 69.6 Å². The van der Waals surface area contributed by atoms with Gasteiger partial charge in [0.1, 0.15) is 0 Å². The van der Waals surface area contributed by atoms with E-state index in [9.17, 15) is 0 Å². The van der Waals surface area contributed by atoms with Gasteiger partial charge >= 0.3 is 0 Å². The molecule has 0 radical (unpaired) electrons. The number of hydrogen-bond acceptors (Lipinski definition) is 4. The molecule has 0 bridgehead atoms. The normalized spacial score (nSPS) is 20.3. The summed E-state index contributed by atoms with van der Waals surface area (Å²) in [7, 11) is 0. The molecule has 1 aromatic carbocycles. The van der Waals surface area contributed by atoms with Gasteiger partial charge in [-0.3, -0.25) is 0 Å². The van der Waals surface area contributed by atoms with Crippen molar-refractivity contribution in [1.82, 2.24) is 20.2 Å². The fourth-order valence-electron chi connectivity index (χ4n) is 3.00. The van der Waals surface area contributed by atoms with Gasteiger partial charge in [-0.15, -0.1) is 5.10 Å². The summed E-state index contributed by atoms with van der Waals surface area (Å²) < 4.78 is 1.80. The standard InChI is InChI=1S/C16H23N5/c1-15(2)8-10-16(17,11-9-15)12-14-18-19-20-21(14)13-6-4-3-5-7-13/h3-7H,8-12,17H2,1-2H3. The molecule has 1 aliphatic carbocycles. The van der Waals surface area contributed by atoms with Crippen molar-refractivity contribution < 1.29 is 0 Å². The number of benzene rings is 1. The first-order valence-corrected chi connectivity index (χ1v) is 7.59. The van der Waals surface area contributed by atoms with E-state index < -0.39 is 0 Å². The number of nitrogens with zero attached hydrogens (tertiary/aromatic N) is 4. The zero-order chi connectivity index (χ0) is 14.9. The minimum atomic E-state index is -0.184. The molecule has 112 valence electrons. The minimum Gasteiger partial charge on any atom is -0.325 e. The number of para-hydroxylation sites is 1. The Morgan fingerprint density at radius 2 is 1.76 bits per heavy atom. The maximum absolute atomic E-state index is 6.61. The summed E-state index contributed by atoms with van der Waals surface area (Å²) in [5, 5.41) is 12.1. The highest BCUT2D eigenvalue weighted by molar-refractivity contribution is 5.30. The van der Waals surface area contributed by atoms with Crippen molar-refractivity contribution in [2.45, 2.75) is 51.5 Å². The Morgan fingerprint density at radius 1 is 1.10 bits per heavy atom. The van der Waals surface area contributed by atoms with Crippen LogP contribution in [0.15, 0.2) is 30.3 Å². The van der Waals surface area contributed by atoms with E-state index in [4.69, 9.17) is 5.73 Å². The first kappa shape index (κ1) is 14.2. The van der Waals surface area contributed by atoms with Crippen LogP contribution in [-0.2, 0) is 6.42 Å². The molecule has 1 fully saturated rings. The summed E-state index contributed by atoms with van der Waals surface area (Å²) in [4.78, 5) is 0. The maximum Gasteiger partial charge on any atom is 0.158 e. The van der Waals surface area contributed by atoms with E-state index in [1.54, 1.807) is 4.68 Å². The molecule has 0 aliphatic heterocycles. The van der Waals surface area contributed by atoms with E-state index in [-0.39, 0.29) is 5.54 Å². The first-order valence-electron chi connectivity index (χ1n) is 7.59. The van der Waals surface area contributed by atoms with E-state index in [1.165, 1.54) is 0 Å². The molecule has 5 heteroatoms. The Bertz CT molecular complexity index is 592. The van der Waals surface area contributed by atoms with Gasteiger partial charge in [0, 0.05) is 12.0 Å². The van der Waals surface area contributed by atoms with Gasteiger partial charge in [0.2, 0.25) is 0 Å². The second-order valence-corrected chi connectivity index (χ2v) is 7.05. The third-order valence-corrected chi connectivity index (χ3v) is 4.64. The van der Waals surface area contributed by atoms with Gasteiger partial charge in [0.15, 0.2) is 5.82 Å². The van der Waals surface area contributed by atoms with Crippen molar-refractivity contribution in [1.29, 1.82) is 0 Å². The van der Waals surface area contributed by atoms with Crippen molar-refractivity contribution in [3.63, 3.8) is 0 Å². The average Bonchev–Trinajstić information content (AvgIpc) is 2.92. The number of tetrazole rings is 1. The molecular weight excluding hydrogens is 262 g/mol. The fraction of sp³-hybridized carbons (Fsp3) is 0.562. The monoisotopic (exact) mass is 285 g/mol. The van der Waals surface area contributed by atoms with Crippen LogP contribution in [0.4, 0.5) is 0 Å². The van der Waals surface area contributed by atoms with Crippen molar-refractivity contribution >= 4 is 0 Å². The molecule has 0 unspecified atom stereocenters. The Labute approximate surface area is 125 Å². The van der Waals surface area contributed by atoms with Crippen LogP contribution in [0.2, 0.25) is 0 Å². The molecule has 3 rings (SSSR count). The Kier molecular flexibility index (Phi) is 3.53. The Hall–Kier alpha value is -1.75. The van der Waals surface area contributed by atoms with E-state index in [0.717, 1.165) is 43.6 Å². The van der Waals surface area contributed by atoms with Crippen LogP contribution in [0.5, 0.6) is 0 Å². The van der Waals surface area contributed by atoms with Crippen LogP contribution in [0, 0.1) is 5.41 Å². The molecule has 2 N–H and O–H groups in total. The maximum atomic E-state index is 6.61. The third kappa shape index (κ3) is 3.13. The predicted octanol–water partition coefficient (Wildman–Crippen LogP) is 2.50. The summed E-state index contributed by atoms with van der Waals surface area (Å²) >= 11 is 0. The second kappa shape index (κ2) is 5.22. The van der Waals surface area contributed by atoms with Gasteiger partial charge in [0.05, 0.1) is 5.69 Å². The van der Waals surface area contributed by atoms with E-state index in [1.807, 2.05) is 30.3 Å². The van der Waals surface area contributed by atoms with Crippen molar-refractivity contribution in [3.8, 4) is 5.69 Å². The highest BCUT2D eigenvalue weighted by Crippen LogP contribution is 2.40. The third-order valence-electron chi connectivity index (χ3n) is 4.64. The predicted molar refractivity (Wildman–Crippen MR) is 82.0 cm³/mol. The molecule has 1 saturated carbocycles. The van der Waals surface area contributed by atoms with Gasteiger partial charge in [-0.1, -0.05) is 32.0 Å². The Balaban J connectivity index is 1.79. The van der Waals surface area contributed by atoms with Crippen molar-refractivity contribution in [2.24, 2.45) is 11.1 Å². The van der Waals surface area contributed by atoms with Crippen LogP contribution in [0.3, 0.4) is 0 Å². The second-order valence-electron chi connectivity index (χ2n) is 7.05. The van der Waals surface area contributed by atoms with E-state index in [0.29, 0.717) is 5.41 Å². The van der Waals surface area contributed by atoms with Gasteiger partial charge in [-0.05, 0) is 53.7 Å². The molecular formula is C16H23N5. The van der Waals surface area contributed by atoms with E-state index >= 15 is 0 Å². The summed E-state index contributed by atoms with van der Waals surface area (Å²) in [5.41, 5.74) is 7.82. The highest BCUT2D eigenvalue weighted by Gasteiger charge is 2.36. The largest absolute Gasteiger partial charge is 0.325 e. The highest BCUT2D eigenvalue weighted by atomic mass is 15.5. The molecule has 0 spiro atoms. The quantitative estimate of drug-likeness (QED) is 0.940. The van der Waals surface area contributed by atoms with Gasteiger partial charge in [0.25, 0.3) is 0 Å². The van der Waals surface area contributed by atoms with Crippen LogP contribution in [0.25, 0.3) is 5.69 Å². The average molecular weight is 285 g/mol. The summed E-state index contributed by atoms with van der Waals surface area (Å²) in [6.45, 7) is 4.64. The number of rotatable bonds is 3. The number of nitrogens with two attached hydrogens (primary N) is 1. The van der Waals surface area contributed by atoms with Crippen molar-refractivity contribution in [3.05, 3.63) is 36.2 Å². The number of hydrogen-bond donors (Lipinski definition) is 1. The molecule has 0 amide bonds. The lowest BCUT2D eigenvalue weighted by atomic mass is 9.68. The minimum absolute atomic E-state index is 0.184. The molecule has 0 atom stereocenters. The zero-order valence-corrected chi connectivity index (χ0v) is 12.8. The molecule has 5 nitrogen and oxygen atoms in total. The van der Waals surface area contributed by atoms with Crippen LogP contribution in [-0.4, -0.2) is 25.7 Å². The van der Waals surface area contributed by atoms with Crippen molar-refractivity contribution in [2.75, 3.05) is 0 Å². The summed E-state index contributed by atoms with van der Waals surface area (Å²) in [5.74, 6) is 0.850. The molecule has 1 aliphatic rings. The van der Waals surface area contributed by atoms with Gasteiger partial charge < -0.3 is 5.73 Å². The molecule has 1 aromatic heterocycles. The lowest BCUT2D eigenvalue weighted by Gasteiger charge is -2.41. The van der Waals surface area contributed by atoms with Crippen LogP contribution in [0.1, 0.15) is 45.4 Å². The Morgan fingerprint density at radius 3 is 2.43 bits per heavy atom. The molecule has 0 saturated heterocycles. The first-order chi connectivity index (χ1) is 9.98. The molecule has 1 heterocycles. The SMILES string of the molecule is CC1(C)CCC(N)(Cc2nnnn2-c2ccccc2)CC1. The molecule has 21 heavy (non-hydrogen) atoms. The van der Waals surface area contributed by atoms with Gasteiger partial charge in [-0.2, -0.15) is 4.68 Å². The lowest BCUT2D eigenvalue weighted by molar-refractivity contribution is 0.162. The van der Waals surface area contributed by atoms with E-state index in [2.05, 4.69) is 29.4 Å². The fourth-order valence-corrected chi connectivity index (χ4v) is 3.00. The lowest BCUT2D eigenvalue weighted by Crippen LogP contribution is -2.47. The molecule has 2 aromatic rings. The van der Waals surface area contributed by atoms with Crippen LogP contribution < -0.4 is 5.73 Å². The van der Waals surface area contributed by atoms with Crippen LogP contribution >= 0.6 is 0 Å². The number of aromatic nitrogens is 4. The zero-order valence-electron chi connectivity index (χ0n) is 12.8. The smallest absolute Gasteiger partial charge is 0.158 e. The summed E-state index contributed by atoms with van der Waals surface area (Å²) in [6, 6.07) is 9.98. The van der Waals surface area contributed by atoms with Gasteiger partial charge in [-0.25, -0.2) is 0 Å². The summed E-state index contributed by atoms with van der Waals surface area (Å²) in [6.07, 6.45) is 5.11.